The van der Waals surface area contributed by atoms with E-state index in [0.29, 0.717) is 18.6 Å². The fourth-order valence-corrected chi connectivity index (χ4v) is 3.36. The van der Waals surface area contributed by atoms with Gasteiger partial charge in [-0.1, -0.05) is 30.3 Å². The number of nitrogens with one attached hydrogen (secondary N) is 2. The average molecular weight is 325 g/mol. The lowest BCUT2D eigenvalue weighted by Crippen LogP contribution is -2.50. The van der Waals surface area contributed by atoms with Gasteiger partial charge in [0.05, 0.1) is 12.0 Å². The van der Waals surface area contributed by atoms with Crippen molar-refractivity contribution in [2.24, 2.45) is 5.41 Å². The molecule has 2 aliphatic rings. The van der Waals surface area contributed by atoms with E-state index in [0.717, 1.165) is 32.4 Å². The third-order valence-electron chi connectivity index (χ3n) is 4.80. The smallest absolute Gasteiger partial charge is 0.228 e. The van der Waals surface area contributed by atoms with Gasteiger partial charge >= 0.3 is 0 Å². The van der Waals surface area contributed by atoms with E-state index in [1.165, 1.54) is 5.56 Å². The van der Waals surface area contributed by atoms with E-state index in [1.54, 1.807) is 7.11 Å². The summed E-state index contributed by atoms with van der Waals surface area (Å²) in [5.74, 6) is 0.658. The maximum absolute atomic E-state index is 12.7. The summed E-state index contributed by atoms with van der Waals surface area (Å²) in [5, 5.41) is 6.57. The first-order chi connectivity index (χ1) is 10.2. The Hall–Kier alpha value is -1.10. The summed E-state index contributed by atoms with van der Waals surface area (Å²) in [5.41, 5.74) is 0.984. The van der Waals surface area contributed by atoms with Crippen LogP contribution in [0.3, 0.4) is 0 Å². The van der Waals surface area contributed by atoms with Crippen molar-refractivity contribution < 1.29 is 9.53 Å². The topological polar surface area (TPSA) is 50.4 Å². The molecule has 2 N–H and O–H groups in total. The standard InChI is InChI=1S/C17H24N2O2.ClH/c1-21-12-17(7-9-18-10-8-17)16(20)19-15-11-14(15)13-5-3-2-4-6-13;/h2-6,14-15,18H,7-12H2,1H3,(H,19,20);1H. The highest BCUT2D eigenvalue weighted by molar-refractivity contribution is 5.85. The van der Waals surface area contributed by atoms with Gasteiger partial charge < -0.3 is 15.4 Å². The number of hydrogen-bond acceptors (Lipinski definition) is 3. The van der Waals surface area contributed by atoms with E-state index in [-0.39, 0.29) is 23.7 Å². The number of halogens is 1. The molecule has 1 aliphatic carbocycles. The molecule has 22 heavy (non-hydrogen) atoms. The van der Waals surface area contributed by atoms with Crippen molar-refractivity contribution in [3.63, 3.8) is 0 Å². The highest BCUT2D eigenvalue weighted by Crippen LogP contribution is 2.41. The van der Waals surface area contributed by atoms with Crippen LogP contribution in [0, 0.1) is 5.41 Å². The molecule has 0 aromatic heterocycles. The minimum atomic E-state index is -0.343. The molecular weight excluding hydrogens is 300 g/mol. The first kappa shape index (κ1) is 17.3. The molecular formula is C17H25ClN2O2. The van der Waals surface area contributed by atoms with Crippen LogP contribution < -0.4 is 10.6 Å². The molecule has 0 bridgehead atoms. The van der Waals surface area contributed by atoms with Gasteiger partial charge in [0, 0.05) is 19.1 Å². The van der Waals surface area contributed by atoms with Gasteiger partial charge in [0.1, 0.15) is 0 Å². The molecule has 1 aromatic rings. The molecule has 0 radical (unpaired) electrons. The van der Waals surface area contributed by atoms with Gasteiger partial charge in [0.25, 0.3) is 0 Å². The van der Waals surface area contributed by atoms with E-state index >= 15 is 0 Å². The number of hydrogen-bond donors (Lipinski definition) is 2. The highest BCUT2D eigenvalue weighted by atomic mass is 35.5. The number of ether oxygens (including phenoxy) is 1. The van der Waals surface area contributed by atoms with Crippen LogP contribution in [0.1, 0.15) is 30.7 Å². The zero-order valence-electron chi connectivity index (χ0n) is 13.0. The van der Waals surface area contributed by atoms with Crippen molar-refractivity contribution >= 4 is 18.3 Å². The number of methoxy groups -OCH3 is 1. The molecule has 2 unspecified atom stereocenters. The molecule has 1 heterocycles. The number of rotatable bonds is 5. The Labute approximate surface area is 138 Å². The third kappa shape index (κ3) is 3.62. The normalized spacial score (nSPS) is 25.9. The minimum Gasteiger partial charge on any atom is -0.384 e. The van der Waals surface area contributed by atoms with E-state index in [2.05, 4.69) is 34.9 Å². The second-order valence-corrected chi connectivity index (χ2v) is 6.30. The Morgan fingerprint density at radius 1 is 1.32 bits per heavy atom. The molecule has 1 amide bonds. The predicted octanol–water partition coefficient (Wildman–Crippen LogP) is 2.10. The fraction of sp³-hybridized carbons (Fsp3) is 0.588. The Balaban J connectivity index is 0.00000176. The van der Waals surface area contributed by atoms with Crippen molar-refractivity contribution in [1.29, 1.82) is 0 Å². The Morgan fingerprint density at radius 3 is 2.64 bits per heavy atom. The second-order valence-electron chi connectivity index (χ2n) is 6.30. The number of carbonyl (C=O) groups is 1. The maximum atomic E-state index is 12.7. The van der Waals surface area contributed by atoms with Gasteiger partial charge in [-0.2, -0.15) is 0 Å². The summed E-state index contributed by atoms with van der Waals surface area (Å²) in [7, 11) is 1.68. The summed E-state index contributed by atoms with van der Waals surface area (Å²) >= 11 is 0. The van der Waals surface area contributed by atoms with Crippen LogP contribution in [0.2, 0.25) is 0 Å². The zero-order chi connectivity index (χ0) is 14.7. The molecule has 4 nitrogen and oxygen atoms in total. The van der Waals surface area contributed by atoms with Gasteiger partial charge in [-0.15, -0.1) is 12.4 Å². The van der Waals surface area contributed by atoms with Crippen LogP contribution in [-0.2, 0) is 9.53 Å². The summed E-state index contributed by atoms with van der Waals surface area (Å²) in [6.07, 6.45) is 2.77. The van der Waals surface area contributed by atoms with Gasteiger partial charge in [0.2, 0.25) is 5.91 Å². The van der Waals surface area contributed by atoms with Crippen molar-refractivity contribution in [1.82, 2.24) is 10.6 Å². The van der Waals surface area contributed by atoms with Crippen LogP contribution in [0.5, 0.6) is 0 Å². The molecule has 1 aliphatic heterocycles. The first-order valence-corrected chi connectivity index (χ1v) is 7.81. The van der Waals surface area contributed by atoms with E-state index in [1.807, 2.05) is 6.07 Å². The Kier molecular flexibility index (Phi) is 5.84. The maximum Gasteiger partial charge on any atom is 0.228 e. The molecule has 2 fully saturated rings. The van der Waals surface area contributed by atoms with Crippen LogP contribution in [0.25, 0.3) is 0 Å². The Bertz CT molecular complexity index is 483. The average Bonchev–Trinajstić information content (AvgIpc) is 3.28. The molecule has 1 aromatic carbocycles. The third-order valence-corrected chi connectivity index (χ3v) is 4.80. The van der Waals surface area contributed by atoms with Gasteiger partial charge in [-0.25, -0.2) is 0 Å². The molecule has 1 saturated heterocycles. The lowest BCUT2D eigenvalue weighted by atomic mass is 9.78. The highest BCUT2D eigenvalue weighted by Gasteiger charge is 2.45. The summed E-state index contributed by atoms with van der Waals surface area (Å²) in [6.45, 7) is 2.30. The molecule has 2 atom stereocenters. The molecule has 0 spiro atoms. The predicted molar refractivity (Wildman–Crippen MR) is 89.4 cm³/mol. The van der Waals surface area contributed by atoms with Crippen molar-refractivity contribution in [3.05, 3.63) is 35.9 Å². The molecule has 1 saturated carbocycles. The summed E-state index contributed by atoms with van der Waals surface area (Å²) in [4.78, 5) is 12.7. The van der Waals surface area contributed by atoms with Crippen molar-refractivity contribution in [3.8, 4) is 0 Å². The van der Waals surface area contributed by atoms with Gasteiger partial charge in [-0.05, 0) is 37.9 Å². The van der Waals surface area contributed by atoms with Crippen LogP contribution in [-0.4, -0.2) is 38.8 Å². The van der Waals surface area contributed by atoms with Gasteiger partial charge in [-0.3, -0.25) is 4.79 Å². The zero-order valence-corrected chi connectivity index (χ0v) is 13.8. The largest absolute Gasteiger partial charge is 0.384 e. The number of benzene rings is 1. The molecule has 3 rings (SSSR count). The summed E-state index contributed by atoms with van der Waals surface area (Å²) in [6, 6.07) is 10.7. The Morgan fingerprint density at radius 2 is 2.00 bits per heavy atom. The number of piperidine rings is 1. The molecule has 122 valence electrons. The fourth-order valence-electron chi connectivity index (χ4n) is 3.36. The lowest BCUT2D eigenvalue weighted by Gasteiger charge is -2.35. The van der Waals surface area contributed by atoms with E-state index in [9.17, 15) is 4.79 Å². The first-order valence-electron chi connectivity index (χ1n) is 7.81. The monoisotopic (exact) mass is 324 g/mol. The van der Waals surface area contributed by atoms with Gasteiger partial charge in [0.15, 0.2) is 0 Å². The number of carbonyl (C=O) groups excluding carboxylic acids is 1. The van der Waals surface area contributed by atoms with E-state index in [4.69, 9.17) is 4.74 Å². The quantitative estimate of drug-likeness (QED) is 0.872. The minimum absolute atomic E-state index is 0. The van der Waals surface area contributed by atoms with Crippen molar-refractivity contribution in [2.75, 3.05) is 26.8 Å². The van der Waals surface area contributed by atoms with Crippen LogP contribution >= 0.6 is 12.4 Å². The van der Waals surface area contributed by atoms with Crippen LogP contribution in [0.4, 0.5) is 0 Å². The van der Waals surface area contributed by atoms with Crippen LogP contribution in [0.15, 0.2) is 30.3 Å². The van der Waals surface area contributed by atoms with Crippen molar-refractivity contribution in [2.45, 2.75) is 31.2 Å². The lowest BCUT2D eigenvalue weighted by molar-refractivity contribution is -0.136. The number of amides is 1. The van der Waals surface area contributed by atoms with E-state index < -0.39 is 0 Å². The second kappa shape index (κ2) is 7.44. The summed E-state index contributed by atoms with van der Waals surface area (Å²) < 4.78 is 5.33. The SMILES string of the molecule is COCC1(C(=O)NC2CC2c2ccccc2)CCNCC1.Cl. The molecule has 5 heteroatoms.